The van der Waals surface area contributed by atoms with Gasteiger partial charge in [-0.1, -0.05) is 35.3 Å². The Morgan fingerprint density at radius 2 is 1.88 bits per heavy atom. The van der Waals surface area contributed by atoms with E-state index in [0.29, 0.717) is 10.6 Å². The largest absolute Gasteiger partial charge is 0.322 e. The number of nitrogens with zero attached hydrogens (tertiary/aromatic N) is 1. The fraction of sp³-hybridized carbons (Fsp3) is 0.0588. The third kappa shape index (κ3) is 5.30. The molecule has 7 nitrogen and oxygen atoms in total. The minimum Gasteiger partial charge on any atom is -0.322 e. The van der Waals surface area contributed by atoms with E-state index in [4.69, 9.17) is 23.2 Å². The van der Waals surface area contributed by atoms with Gasteiger partial charge in [0.25, 0.3) is 11.6 Å². The molecule has 9 heteroatoms. The summed E-state index contributed by atoms with van der Waals surface area (Å²) in [6, 6.07) is 10.2. The van der Waals surface area contributed by atoms with E-state index >= 15 is 0 Å². The van der Waals surface area contributed by atoms with Gasteiger partial charge in [-0.15, -0.1) is 0 Å². The van der Waals surface area contributed by atoms with Crippen LogP contribution in [0.2, 0.25) is 10.0 Å². The fourth-order valence-electron chi connectivity index (χ4n) is 2.03. The summed E-state index contributed by atoms with van der Waals surface area (Å²) in [7, 11) is 0. The molecule has 2 N–H and O–H groups in total. The lowest BCUT2D eigenvalue weighted by atomic mass is 10.1. The quantitative estimate of drug-likeness (QED) is 0.454. The van der Waals surface area contributed by atoms with Crippen LogP contribution < -0.4 is 10.6 Å². The van der Waals surface area contributed by atoms with Gasteiger partial charge in [0, 0.05) is 24.1 Å². The highest BCUT2D eigenvalue weighted by Gasteiger charge is 2.14. The molecule has 0 saturated carbocycles. The van der Waals surface area contributed by atoms with Crippen LogP contribution in [0.1, 0.15) is 12.5 Å². The van der Waals surface area contributed by atoms with Crippen LogP contribution in [0.15, 0.2) is 48.2 Å². The average Bonchev–Trinajstić information content (AvgIpc) is 2.57. The molecule has 2 aromatic carbocycles. The molecular formula is C17H13Cl2N3O4. The molecule has 0 radical (unpaired) electrons. The first-order valence-electron chi connectivity index (χ1n) is 7.26. The minimum absolute atomic E-state index is 0.103. The minimum atomic E-state index is -0.657. The molecule has 0 aliphatic heterocycles. The first-order valence-corrected chi connectivity index (χ1v) is 8.02. The van der Waals surface area contributed by atoms with Crippen LogP contribution in [-0.2, 0) is 9.59 Å². The predicted molar refractivity (Wildman–Crippen MR) is 100.0 cm³/mol. The van der Waals surface area contributed by atoms with Gasteiger partial charge in [-0.25, -0.2) is 0 Å². The Morgan fingerprint density at radius 1 is 1.15 bits per heavy atom. The maximum Gasteiger partial charge on any atom is 0.272 e. The molecule has 0 fully saturated rings. The van der Waals surface area contributed by atoms with Crippen molar-refractivity contribution in [1.29, 1.82) is 0 Å². The Morgan fingerprint density at radius 3 is 2.54 bits per heavy atom. The van der Waals surface area contributed by atoms with E-state index in [0.717, 1.165) is 0 Å². The number of anilines is 1. The van der Waals surface area contributed by atoms with Gasteiger partial charge in [0.15, 0.2) is 0 Å². The molecule has 0 heterocycles. The molecule has 134 valence electrons. The van der Waals surface area contributed by atoms with Crippen LogP contribution in [-0.4, -0.2) is 16.7 Å². The number of rotatable bonds is 5. The van der Waals surface area contributed by atoms with Crippen molar-refractivity contribution in [2.45, 2.75) is 6.92 Å². The van der Waals surface area contributed by atoms with Crippen LogP contribution in [0.5, 0.6) is 0 Å². The molecule has 0 unspecified atom stereocenters. The average molecular weight is 394 g/mol. The lowest BCUT2D eigenvalue weighted by molar-refractivity contribution is -0.384. The monoisotopic (exact) mass is 393 g/mol. The lowest BCUT2D eigenvalue weighted by Crippen LogP contribution is -2.29. The van der Waals surface area contributed by atoms with Gasteiger partial charge < -0.3 is 10.6 Å². The Labute approximate surface area is 158 Å². The van der Waals surface area contributed by atoms with Crippen molar-refractivity contribution in [3.8, 4) is 0 Å². The zero-order valence-electron chi connectivity index (χ0n) is 13.5. The van der Waals surface area contributed by atoms with Crippen molar-refractivity contribution in [1.82, 2.24) is 5.32 Å². The van der Waals surface area contributed by atoms with Crippen molar-refractivity contribution in [3.63, 3.8) is 0 Å². The number of nitro groups is 1. The second kappa shape index (κ2) is 8.46. The number of amides is 2. The fourth-order valence-corrected chi connectivity index (χ4v) is 2.36. The molecule has 26 heavy (non-hydrogen) atoms. The number of carbonyl (C=O) groups is 2. The molecule has 2 amide bonds. The number of halogens is 2. The van der Waals surface area contributed by atoms with Crippen molar-refractivity contribution in [3.05, 3.63) is 73.9 Å². The van der Waals surface area contributed by atoms with Gasteiger partial charge in [-0.05, 0) is 29.8 Å². The zero-order valence-corrected chi connectivity index (χ0v) is 15.0. The Bertz CT molecular complexity index is 913. The topological polar surface area (TPSA) is 101 Å². The summed E-state index contributed by atoms with van der Waals surface area (Å²) in [6.45, 7) is 1.24. The van der Waals surface area contributed by atoms with E-state index in [1.807, 2.05) is 0 Å². The van der Waals surface area contributed by atoms with Gasteiger partial charge in [0.2, 0.25) is 5.91 Å². The molecule has 0 bridgehead atoms. The standard InChI is InChI=1S/C17H13Cl2N3O4/c1-10(23)20-16(8-11-3-2-4-13(7-11)22(25)26)17(24)21-15-9-12(18)5-6-14(15)19/h2-9H,1H3,(H,20,23)(H,21,24)/b16-8-. The molecule has 0 aromatic heterocycles. The highest BCUT2D eigenvalue weighted by atomic mass is 35.5. The predicted octanol–water partition coefficient (Wildman–Crippen LogP) is 4.02. The Hall–Kier alpha value is -2.90. The molecule has 0 aliphatic carbocycles. The molecule has 0 saturated heterocycles. The Kier molecular flexibility index (Phi) is 6.32. The van der Waals surface area contributed by atoms with Gasteiger partial charge in [-0.2, -0.15) is 0 Å². The molecule has 2 rings (SSSR count). The van der Waals surface area contributed by atoms with E-state index in [1.54, 1.807) is 12.1 Å². The highest BCUT2D eigenvalue weighted by Crippen LogP contribution is 2.26. The van der Waals surface area contributed by atoms with Crippen molar-refractivity contribution < 1.29 is 14.5 Å². The summed E-state index contributed by atoms with van der Waals surface area (Å²) in [5, 5.41) is 16.4. The molecular weight excluding hydrogens is 381 g/mol. The molecule has 0 atom stereocenters. The van der Waals surface area contributed by atoms with Crippen LogP contribution in [0.25, 0.3) is 6.08 Å². The van der Waals surface area contributed by atoms with Crippen molar-refractivity contribution in [2.75, 3.05) is 5.32 Å². The van der Waals surface area contributed by atoms with E-state index in [1.165, 1.54) is 43.3 Å². The number of hydrogen-bond acceptors (Lipinski definition) is 4. The summed E-state index contributed by atoms with van der Waals surface area (Å²) in [5.41, 5.74) is 0.392. The molecule has 0 aliphatic rings. The summed E-state index contributed by atoms with van der Waals surface area (Å²) in [6.07, 6.45) is 1.32. The third-order valence-corrected chi connectivity index (χ3v) is 3.69. The van der Waals surface area contributed by atoms with E-state index in [2.05, 4.69) is 10.6 Å². The van der Waals surface area contributed by atoms with Crippen molar-refractivity contribution >= 4 is 52.5 Å². The summed E-state index contributed by atoms with van der Waals surface area (Å²) >= 11 is 11.9. The van der Waals surface area contributed by atoms with E-state index in [9.17, 15) is 19.7 Å². The molecule has 2 aromatic rings. The molecule has 0 spiro atoms. The van der Waals surface area contributed by atoms with Gasteiger partial charge in [0.05, 0.1) is 15.6 Å². The van der Waals surface area contributed by atoms with Gasteiger partial charge >= 0.3 is 0 Å². The lowest BCUT2D eigenvalue weighted by Gasteiger charge is -2.11. The maximum atomic E-state index is 12.5. The third-order valence-electron chi connectivity index (χ3n) is 3.12. The second-order valence-electron chi connectivity index (χ2n) is 5.17. The van der Waals surface area contributed by atoms with Crippen LogP contribution in [0, 0.1) is 10.1 Å². The SMILES string of the molecule is CC(=O)N/C(=C\c1cccc([N+](=O)[O-])c1)C(=O)Nc1cc(Cl)ccc1Cl. The number of nitrogens with one attached hydrogen (secondary N) is 2. The van der Waals surface area contributed by atoms with Gasteiger partial charge in [-0.3, -0.25) is 19.7 Å². The zero-order chi connectivity index (χ0) is 19.3. The number of hydrogen-bond donors (Lipinski definition) is 2. The summed E-state index contributed by atoms with van der Waals surface area (Å²) < 4.78 is 0. The first-order chi connectivity index (χ1) is 12.3. The Balaban J connectivity index is 2.35. The smallest absolute Gasteiger partial charge is 0.272 e. The van der Waals surface area contributed by atoms with Crippen LogP contribution >= 0.6 is 23.2 Å². The van der Waals surface area contributed by atoms with Gasteiger partial charge in [0.1, 0.15) is 5.70 Å². The van der Waals surface area contributed by atoms with E-state index < -0.39 is 16.7 Å². The maximum absolute atomic E-state index is 12.5. The van der Waals surface area contributed by atoms with Crippen LogP contribution in [0.4, 0.5) is 11.4 Å². The number of non-ortho nitro benzene ring substituents is 1. The number of benzene rings is 2. The first kappa shape index (κ1) is 19.4. The number of nitro benzene ring substituents is 1. The second-order valence-corrected chi connectivity index (χ2v) is 6.01. The highest BCUT2D eigenvalue weighted by molar-refractivity contribution is 6.36. The summed E-state index contributed by atoms with van der Waals surface area (Å²) in [5.74, 6) is -1.13. The van der Waals surface area contributed by atoms with E-state index in [-0.39, 0.29) is 22.1 Å². The van der Waals surface area contributed by atoms with Crippen LogP contribution in [0.3, 0.4) is 0 Å². The number of carbonyl (C=O) groups excluding carboxylic acids is 2. The van der Waals surface area contributed by atoms with Crippen molar-refractivity contribution in [2.24, 2.45) is 0 Å². The normalized spacial score (nSPS) is 11.0. The summed E-state index contributed by atoms with van der Waals surface area (Å²) in [4.78, 5) is 34.2.